The normalized spacial score (nSPS) is 51.9. The average molecular weight is 276 g/mol. The summed E-state index contributed by atoms with van der Waals surface area (Å²) in [5, 5.41) is 9.92. The van der Waals surface area contributed by atoms with E-state index in [4.69, 9.17) is 0 Å². The smallest absolute Gasteiger partial charge is 0.133 e. The molecule has 4 aliphatic rings. The molecule has 7 atom stereocenters. The molecule has 0 aliphatic heterocycles. The van der Waals surface area contributed by atoms with Crippen LogP contribution in [-0.2, 0) is 4.79 Å². The molecular formula is C18H28O2. The van der Waals surface area contributed by atoms with Gasteiger partial charge in [-0.15, -0.1) is 0 Å². The number of aliphatic hydroxyl groups is 1. The van der Waals surface area contributed by atoms with Crippen molar-refractivity contribution in [2.24, 2.45) is 35.5 Å². The van der Waals surface area contributed by atoms with E-state index in [2.05, 4.69) is 0 Å². The quantitative estimate of drug-likeness (QED) is 0.734. The zero-order valence-electron chi connectivity index (χ0n) is 12.5. The van der Waals surface area contributed by atoms with E-state index in [-0.39, 0.29) is 6.10 Å². The lowest BCUT2D eigenvalue weighted by molar-refractivity contribution is -0.127. The topological polar surface area (TPSA) is 37.3 Å². The summed E-state index contributed by atoms with van der Waals surface area (Å²) < 4.78 is 0. The van der Waals surface area contributed by atoms with Crippen molar-refractivity contribution in [3.05, 3.63) is 0 Å². The maximum atomic E-state index is 11.7. The van der Waals surface area contributed by atoms with Gasteiger partial charge < -0.3 is 5.11 Å². The molecule has 0 amide bonds. The summed E-state index contributed by atoms with van der Waals surface area (Å²) >= 11 is 0. The van der Waals surface area contributed by atoms with Gasteiger partial charge in [-0.25, -0.2) is 0 Å². The Labute approximate surface area is 122 Å². The molecule has 7 unspecified atom stereocenters. The summed E-state index contributed by atoms with van der Waals surface area (Å²) in [5.74, 6) is 5.66. The van der Waals surface area contributed by atoms with Gasteiger partial charge in [-0.3, -0.25) is 4.79 Å². The monoisotopic (exact) mass is 276 g/mol. The fourth-order valence-electron chi connectivity index (χ4n) is 6.45. The molecule has 4 saturated carbocycles. The Kier molecular flexibility index (Phi) is 3.41. The Morgan fingerprint density at radius 1 is 0.750 bits per heavy atom. The van der Waals surface area contributed by atoms with Crippen LogP contribution in [0.2, 0.25) is 0 Å². The standard InChI is InChI=1S/C18H28O2/c19-13-3-7-15-11(9-13)1-5-17-16-8-4-14(20)10-12(16)2-6-18(15)17/h11-13,15-19H,1-10H2. The Bertz CT molecular complexity index is 391. The van der Waals surface area contributed by atoms with E-state index in [0.29, 0.717) is 5.78 Å². The first-order valence-corrected chi connectivity index (χ1v) is 8.92. The van der Waals surface area contributed by atoms with Crippen LogP contribution in [0.3, 0.4) is 0 Å². The third-order valence-electron chi connectivity index (χ3n) is 7.26. The number of aliphatic hydroxyl groups excluding tert-OH is 1. The molecule has 0 spiro atoms. The predicted molar refractivity (Wildman–Crippen MR) is 78.1 cm³/mol. The lowest BCUT2D eigenvalue weighted by atomic mass is 9.51. The first-order chi connectivity index (χ1) is 9.72. The minimum Gasteiger partial charge on any atom is -0.393 e. The van der Waals surface area contributed by atoms with Crippen molar-refractivity contribution >= 4 is 5.78 Å². The summed E-state index contributed by atoms with van der Waals surface area (Å²) in [6.45, 7) is 0. The molecular weight excluding hydrogens is 248 g/mol. The molecule has 4 rings (SSSR count). The van der Waals surface area contributed by atoms with Crippen molar-refractivity contribution in [2.45, 2.75) is 70.3 Å². The minimum absolute atomic E-state index is 0.0172. The number of carbonyl (C=O) groups excluding carboxylic acids is 1. The van der Waals surface area contributed by atoms with Gasteiger partial charge in [0.05, 0.1) is 6.10 Å². The van der Waals surface area contributed by atoms with Gasteiger partial charge in [-0.1, -0.05) is 0 Å². The average Bonchev–Trinajstić information content (AvgIpc) is 2.45. The molecule has 0 bridgehead atoms. The van der Waals surface area contributed by atoms with Gasteiger partial charge in [0.1, 0.15) is 5.78 Å². The van der Waals surface area contributed by atoms with Crippen molar-refractivity contribution in [3.63, 3.8) is 0 Å². The predicted octanol–water partition coefficient (Wildman–Crippen LogP) is 3.57. The van der Waals surface area contributed by atoms with Crippen LogP contribution in [0.4, 0.5) is 0 Å². The molecule has 20 heavy (non-hydrogen) atoms. The van der Waals surface area contributed by atoms with Gasteiger partial charge >= 0.3 is 0 Å². The highest BCUT2D eigenvalue weighted by Gasteiger charge is 2.49. The third-order valence-corrected chi connectivity index (χ3v) is 7.26. The molecule has 0 aromatic carbocycles. The van der Waals surface area contributed by atoms with Crippen molar-refractivity contribution in [2.75, 3.05) is 0 Å². The number of carbonyl (C=O) groups is 1. The highest BCUT2D eigenvalue weighted by molar-refractivity contribution is 5.79. The molecule has 2 nitrogen and oxygen atoms in total. The Morgan fingerprint density at radius 3 is 2.20 bits per heavy atom. The highest BCUT2D eigenvalue weighted by atomic mass is 16.3. The van der Waals surface area contributed by atoms with E-state index >= 15 is 0 Å². The molecule has 4 fully saturated rings. The van der Waals surface area contributed by atoms with Gasteiger partial charge in [-0.05, 0) is 86.9 Å². The summed E-state index contributed by atoms with van der Waals surface area (Å²) in [5.41, 5.74) is 0. The van der Waals surface area contributed by atoms with Crippen LogP contribution in [0.15, 0.2) is 0 Å². The molecule has 0 radical (unpaired) electrons. The van der Waals surface area contributed by atoms with Gasteiger partial charge in [0.25, 0.3) is 0 Å². The van der Waals surface area contributed by atoms with Crippen LogP contribution in [0.1, 0.15) is 64.2 Å². The number of hydrogen-bond donors (Lipinski definition) is 1. The zero-order chi connectivity index (χ0) is 13.7. The van der Waals surface area contributed by atoms with Crippen molar-refractivity contribution in [3.8, 4) is 0 Å². The number of fused-ring (bicyclic) bond motifs is 5. The Balaban J connectivity index is 1.51. The summed E-state index contributed by atoms with van der Waals surface area (Å²) in [7, 11) is 0. The summed E-state index contributed by atoms with van der Waals surface area (Å²) in [4.78, 5) is 11.7. The Hall–Kier alpha value is -0.370. The summed E-state index contributed by atoms with van der Waals surface area (Å²) in [6.07, 6.45) is 11.7. The van der Waals surface area contributed by atoms with E-state index in [1.807, 2.05) is 0 Å². The molecule has 112 valence electrons. The number of ketones is 1. The van der Waals surface area contributed by atoms with Crippen LogP contribution in [0.25, 0.3) is 0 Å². The maximum Gasteiger partial charge on any atom is 0.133 e. The number of rotatable bonds is 0. The second kappa shape index (κ2) is 5.12. The largest absolute Gasteiger partial charge is 0.393 e. The molecule has 4 aliphatic carbocycles. The fraction of sp³-hybridized carbons (Fsp3) is 0.944. The molecule has 0 heterocycles. The summed E-state index contributed by atoms with van der Waals surface area (Å²) in [6, 6.07) is 0. The lowest BCUT2D eigenvalue weighted by Gasteiger charge is -2.54. The molecule has 0 saturated heterocycles. The number of Topliss-reactive ketones (excluding diaryl/α,β-unsaturated/α-hetero) is 1. The molecule has 0 aromatic heterocycles. The van der Waals surface area contributed by atoms with Crippen molar-refractivity contribution in [1.29, 1.82) is 0 Å². The molecule has 1 N–H and O–H groups in total. The van der Waals surface area contributed by atoms with E-state index in [0.717, 1.165) is 61.2 Å². The van der Waals surface area contributed by atoms with Crippen molar-refractivity contribution < 1.29 is 9.90 Å². The highest BCUT2D eigenvalue weighted by Crippen LogP contribution is 2.56. The van der Waals surface area contributed by atoms with Gasteiger partial charge in [0.15, 0.2) is 0 Å². The second-order valence-corrected chi connectivity index (χ2v) is 8.08. The van der Waals surface area contributed by atoms with Crippen LogP contribution in [-0.4, -0.2) is 17.0 Å². The van der Waals surface area contributed by atoms with Crippen LogP contribution in [0, 0.1) is 35.5 Å². The van der Waals surface area contributed by atoms with Gasteiger partial charge in [-0.2, -0.15) is 0 Å². The van der Waals surface area contributed by atoms with Gasteiger partial charge in [0, 0.05) is 12.8 Å². The minimum atomic E-state index is -0.0172. The second-order valence-electron chi connectivity index (χ2n) is 8.08. The SMILES string of the molecule is O=C1CCC2C(CCC3C4CCC(O)CC4CCC23)C1. The van der Waals surface area contributed by atoms with Crippen LogP contribution in [0.5, 0.6) is 0 Å². The fourth-order valence-corrected chi connectivity index (χ4v) is 6.45. The van der Waals surface area contributed by atoms with E-state index < -0.39 is 0 Å². The van der Waals surface area contributed by atoms with E-state index in [9.17, 15) is 9.90 Å². The van der Waals surface area contributed by atoms with E-state index in [1.54, 1.807) is 0 Å². The Morgan fingerprint density at radius 2 is 1.40 bits per heavy atom. The van der Waals surface area contributed by atoms with Crippen molar-refractivity contribution in [1.82, 2.24) is 0 Å². The molecule has 0 aromatic rings. The first-order valence-electron chi connectivity index (χ1n) is 8.92. The first kappa shape index (κ1) is 13.3. The maximum absolute atomic E-state index is 11.7. The van der Waals surface area contributed by atoms with E-state index in [1.165, 1.54) is 38.5 Å². The molecule has 2 heteroatoms. The third kappa shape index (κ3) is 2.15. The van der Waals surface area contributed by atoms with Gasteiger partial charge in [0.2, 0.25) is 0 Å². The zero-order valence-corrected chi connectivity index (χ0v) is 12.5. The van der Waals surface area contributed by atoms with Crippen LogP contribution < -0.4 is 0 Å². The lowest BCUT2D eigenvalue weighted by Crippen LogP contribution is -2.47. The van der Waals surface area contributed by atoms with Crippen LogP contribution >= 0.6 is 0 Å². The number of hydrogen-bond acceptors (Lipinski definition) is 2.